The molecule has 2 aromatic rings. The molecule has 0 aromatic carbocycles. The molecular formula is C15H17ClN4O2. The Morgan fingerprint density at radius 3 is 2.82 bits per heavy atom. The Labute approximate surface area is 133 Å². The number of aromatic nitrogens is 3. The molecule has 0 radical (unpaired) electrons. The van der Waals surface area contributed by atoms with E-state index in [1.54, 1.807) is 35.4 Å². The van der Waals surface area contributed by atoms with E-state index in [1.165, 1.54) is 0 Å². The van der Waals surface area contributed by atoms with Crippen molar-refractivity contribution in [2.45, 2.75) is 25.5 Å². The summed E-state index contributed by atoms with van der Waals surface area (Å²) in [5.74, 6) is 0.545. The van der Waals surface area contributed by atoms with E-state index in [-0.39, 0.29) is 18.6 Å². The summed E-state index contributed by atoms with van der Waals surface area (Å²) in [6.45, 7) is 1.63. The molecule has 2 aromatic heterocycles. The number of carbonyl (C=O) groups is 1. The van der Waals surface area contributed by atoms with E-state index in [0.29, 0.717) is 24.0 Å². The summed E-state index contributed by atoms with van der Waals surface area (Å²) in [7, 11) is 0. The molecule has 0 saturated carbocycles. The van der Waals surface area contributed by atoms with Crippen molar-refractivity contribution in [1.82, 2.24) is 19.7 Å². The van der Waals surface area contributed by atoms with Crippen LogP contribution in [0.4, 0.5) is 0 Å². The average molecular weight is 321 g/mol. The van der Waals surface area contributed by atoms with Crippen molar-refractivity contribution in [2.24, 2.45) is 0 Å². The Morgan fingerprint density at radius 2 is 2.14 bits per heavy atom. The number of halogens is 1. The van der Waals surface area contributed by atoms with Gasteiger partial charge in [-0.3, -0.25) is 9.48 Å². The molecule has 0 bridgehead atoms. The second kappa shape index (κ2) is 6.79. The van der Waals surface area contributed by atoms with Crippen molar-refractivity contribution in [3.8, 4) is 5.88 Å². The highest BCUT2D eigenvalue weighted by Crippen LogP contribution is 2.24. The normalized spacial score (nSPS) is 15.8. The number of rotatable bonds is 4. The molecule has 0 N–H and O–H groups in total. The fourth-order valence-corrected chi connectivity index (χ4v) is 2.64. The van der Waals surface area contributed by atoms with Gasteiger partial charge in [0.2, 0.25) is 11.8 Å². The molecule has 1 fully saturated rings. The zero-order valence-corrected chi connectivity index (χ0v) is 12.8. The van der Waals surface area contributed by atoms with Crippen LogP contribution < -0.4 is 4.74 Å². The maximum absolute atomic E-state index is 12.2. The standard InChI is InChI=1S/C15H17ClN4O2/c16-13-3-1-6-17-15(13)22-12-4-9-19(10-5-12)14(21)11-20-8-2-7-18-20/h1-3,6-8,12H,4-5,9-11H2. The second-order valence-corrected chi connectivity index (χ2v) is 5.60. The largest absolute Gasteiger partial charge is 0.473 e. The lowest BCUT2D eigenvalue weighted by Crippen LogP contribution is -2.43. The van der Waals surface area contributed by atoms with E-state index in [4.69, 9.17) is 16.3 Å². The lowest BCUT2D eigenvalue weighted by Gasteiger charge is -2.32. The SMILES string of the molecule is O=C(Cn1cccn1)N1CCC(Oc2ncccc2Cl)CC1. The van der Waals surface area contributed by atoms with Gasteiger partial charge in [0.15, 0.2) is 0 Å². The minimum atomic E-state index is 0.0427. The van der Waals surface area contributed by atoms with Gasteiger partial charge in [-0.2, -0.15) is 5.10 Å². The van der Waals surface area contributed by atoms with Crippen LogP contribution in [0, 0.1) is 0 Å². The van der Waals surface area contributed by atoms with Crippen LogP contribution in [0.3, 0.4) is 0 Å². The average Bonchev–Trinajstić information content (AvgIpc) is 3.03. The molecule has 3 heterocycles. The number of piperidine rings is 1. The van der Waals surface area contributed by atoms with Crippen LogP contribution in [0.15, 0.2) is 36.8 Å². The molecule has 1 amide bonds. The van der Waals surface area contributed by atoms with Gasteiger partial charge < -0.3 is 9.64 Å². The minimum absolute atomic E-state index is 0.0427. The number of carbonyl (C=O) groups excluding carboxylic acids is 1. The number of hydrogen-bond donors (Lipinski definition) is 0. The molecule has 7 heteroatoms. The molecule has 0 aliphatic carbocycles. The van der Waals surface area contributed by atoms with Crippen LogP contribution in [0.2, 0.25) is 5.02 Å². The van der Waals surface area contributed by atoms with Crippen molar-refractivity contribution >= 4 is 17.5 Å². The number of ether oxygens (including phenoxy) is 1. The Hall–Kier alpha value is -2.08. The summed E-state index contributed by atoms with van der Waals surface area (Å²) in [4.78, 5) is 18.2. The first-order valence-electron chi connectivity index (χ1n) is 7.25. The third-order valence-electron chi connectivity index (χ3n) is 3.65. The maximum atomic E-state index is 12.2. The number of likely N-dealkylation sites (tertiary alicyclic amines) is 1. The van der Waals surface area contributed by atoms with Gasteiger partial charge in [0.1, 0.15) is 17.7 Å². The molecule has 1 saturated heterocycles. The smallest absolute Gasteiger partial charge is 0.244 e. The van der Waals surface area contributed by atoms with Crippen molar-refractivity contribution < 1.29 is 9.53 Å². The summed E-state index contributed by atoms with van der Waals surface area (Å²) in [6.07, 6.45) is 6.71. The first-order chi connectivity index (χ1) is 10.7. The molecule has 1 aliphatic rings. The zero-order valence-electron chi connectivity index (χ0n) is 12.1. The molecule has 0 unspecified atom stereocenters. The molecule has 3 rings (SSSR count). The highest BCUT2D eigenvalue weighted by atomic mass is 35.5. The van der Waals surface area contributed by atoms with Crippen LogP contribution in [0.1, 0.15) is 12.8 Å². The van der Waals surface area contributed by atoms with E-state index in [9.17, 15) is 4.79 Å². The van der Waals surface area contributed by atoms with E-state index in [1.807, 2.05) is 11.0 Å². The van der Waals surface area contributed by atoms with Gasteiger partial charge in [-0.1, -0.05) is 11.6 Å². The van der Waals surface area contributed by atoms with Crippen LogP contribution in [0.5, 0.6) is 5.88 Å². The van der Waals surface area contributed by atoms with E-state index >= 15 is 0 Å². The molecule has 116 valence electrons. The highest BCUT2D eigenvalue weighted by molar-refractivity contribution is 6.31. The zero-order chi connectivity index (χ0) is 15.4. The summed E-state index contributed by atoms with van der Waals surface area (Å²) in [5.41, 5.74) is 0. The predicted octanol–water partition coefficient (Wildman–Crippen LogP) is 2.00. The lowest BCUT2D eigenvalue weighted by atomic mass is 10.1. The van der Waals surface area contributed by atoms with Gasteiger partial charge in [-0.25, -0.2) is 4.98 Å². The third-order valence-corrected chi connectivity index (χ3v) is 3.94. The predicted molar refractivity (Wildman–Crippen MR) is 81.7 cm³/mol. The van der Waals surface area contributed by atoms with Crippen LogP contribution in [-0.2, 0) is 11.3 Å². The summed E-state index contributed by atoms with van der Waals surface area (Å²) in [5, 5.41) is 4.57. The van der Waals surface area contributed by atoms with E-state index in [2.05, 4.69) is 10.1 Å². The van der Waals surface area contributed by atoms with Gasteiger partial charge in [0.25, 0.3) is 0 Å². The molecule has 22 heavy (non-hydrogen) atoms. The van der Waals surface area contributed by atoms with Crippen molar-refractivity contribution in [3.63, 3.8) is 0 Å². The Balaban J connectivity index is 1.50. The first-order valence-corrected chi connectivity index (χ1v) is 7.62. The number of pyridine rings is 1. The Bertz CT molecular complexity index is 624. The monoisotopic (exact) mass is 320 g/mol. The van der Waals surface area contributed by atoms with Crippen LogP contribution in [-0.4, -0.2) is 44.8 Å². The van der Waals surface area contributed by atoms with Gasteiger partial charge in [-0.15, -0.1) is 0 Å². The first kappa shape index (κ1) is 14.8. The second-order valence-electron chi connectivity index (χ2n) is 5.19. The molecule has 0 atom stereocenters. The Kier molecular flexibility index (Phi) is 4.58. The fraction of sp³-hybridized carbons (Fsp3) is 0.400. The topological polar surface area (TPSA) is 60.2 Å². The summed E-state index contributed by atoms with van der Waals surface area (Å²) < 4.78 is 7.46. The lowest BCUT2D eigenvalue weighted by molar-refractivity contribution is -0.133. The van der Waals surface area contributed by atoms with Crippen LogP contribution >= 0.6 is 11.6 Å². The Morgan fingerprint density at radius 1 is 1.32 bits per heavy atom. The van der Waals surface area contributed by atoms with Gasteiger partial charge in [0, 0.05) is 44.5 Å². The number of nitrogens with zero attached hydrogens (tertiary/aromatic N) is 4. The van der Waals surface area contributed by atoms with E-state index < -0.39 is 0 Å². The van der Waals surface area contributed by atoms with Gasteiger partial charge in [-0.05, 0) is 18.2 Å². The molecule has 1 aliphatic heterocycles. The number of amides is 1. The van der Waals surface area contributed by atoms with Crippen LogP contribution in [0.25, 0.3) is 0 Å². The van der Waals surface area contributed by atoms with Crippen molar-refractivity contribution in [3.05, 3.63) is 41.8 Å². The fourth-order valence-electron chi connectivity index (χ4n) is 2.47. The van der Waals surface area contributed by atoms with Crippen molar-refractivity contribution in [2.75, 3.05) is 13.1 Å². The minimum Gasteiger partial charge on any atom is -0.473 e. The van der Waals surface area contributed by atoms with Gasteiger partial charge >= 0.3 is 0 Å². The quantitative estimate of drug-likeness (QED) is 0.864. The molecule has 6 nitrogen and oxygen atoms in total. The third kappa shape index (κ3) is 3.57. The van der Waals surface area contributed by atoms with E-state index in [0.717, 1.165) is 12.8 Å². The maximum Gasteiger partial charge on any atom is 0.244 e. The van der Waals surface area contributed by atoms with Gasteiger partial charge in [0.05, 0.1) is 0 Å². The highest BCUT2D eigenvalue weighted by Gasteiger charge is 2.24. The summed E-state index contributed by atoms with van der Waals surface area (Å²) in [6, 6.07) is 5.34. The molecular weight excluding hydrogens is 304 g/mol. The number of hydrogen-bond acceptors (Lipinski definition) is 4. The van der Waals surface area contributed by atoms with Crippen molar-refractivity contribution in [1.29, 1.82) is 0 Å². The summed E-state index contributed by atoms with van der Waals surface area (Å²) >= 11 is 6.04. The molecule has 0 spiro atoms.